The average molecular weight is 760 g/mol. The fourth-order valence-corrected chi connectivity index (χ4v) is 6.03. The van der Waals surface area contributed by atoms with Crippen molar-refractivity contribution >= 4 is 17.9 Å². The molecule has 54 heavy (non-hydrogen) atoms. The van der Waals surface area contributed by atoms with Crippen LogP contribution in [0.15, 0.2) is 48.6 Å². The molecule has 0 aromatic rings. The summed E-state index contributed by atoms with van der Waals surface area (Å²) in [5, 5.41) is 11.6. The third kappa shape index (κ3) is 35.0. The molecule has 0 saturated carbocycles. The molecular weight excluding hydrogens is 679 g/mol. The van der Waals surface area contributed by atoms with Crippen molar-refractivity contribution in [3.8, 4) is 0 Å². The zero-order valence-corrected chi connectivity index (χ0v) is 35.4. The molecule has 0 spiro atoms. The van der Waals surface area contributed by atoms with Crippen molar-refractivity contribution in [2.75, 3.05) is 41.0 Å². The summed E-state index contributed by atoms with van der Waals surface area (Å²) >= 11 is 0. The quantitative estimate of drug-likeness (QED) is 0.0267. The van der Waals surface area contributed by atoms with Crippen LogP contribution in [0.5, 0.6) is 0 Å². The topological polar surface area (TPSA) is 102 Å². The zero-order chi connectivity index (χ0) is 40.0. The number of carbonyl (C=O) groups excluding carboxylic acids is 3. The van der Waals surface area contributed by atoms with Crippen LogP contribution in [0.1, 0.15) is 174 Å². The highest BCUT2D eigenvalue weighted by Gasteiger charge is 2.25. The molecule has 2 unspecified atom stereocenters. The van der Waals surface area contributed by atoms with Gasteiger partial charge in [0.15, 0.2) is 6.10 Å². The maximum Gasteiger partial charge on any atom is 0.306 e. The lowest BCUT2D eigenvalue weighted by Crippen LogP contribution is -2.55. The number of carboxylic acid groups (broad SMARTS) is 1. The van der Waals surface area contributed by atoms with Crippen LogP contribution in [-0.2, 0) is 28.6 Å². The number of quaternary nitrogens is 1. The fourth-order valence-electron chi connectivity index (χ4n) is 6.03. The first kappa shape index (κ1) is 51.3. The van der Waals surface area contributed by atoms with E-state index in [-0.39, 0.29) is 49.1 Å². The second-order valence-electron chi connectivity index (χ2n) is 15.6. The van der Waals surface area contributed by atoms with Gasteiger partial charge in [-0.25, -0.2) is 0 Å². The van der Waals surface area contributed by atoms with E-state index in [2.05, 4.69) is 56.4 Å². The SMILES string of the molecule is CCCCC/C=C/C/C=C/CCCCCCCCCC(=O)OC(COCCC(C(=O)[O-])[N+](C)(C)C)COC(=O)CC/C=C/C/C=C/CCCCCCCC. The van der Waals surface area contributed by atoms with Crippen LogP contribution < -0.4 is 5.11 Å². The number of hydrogen-bond donors (Lipinski definition) is 0. The Hall–Kier alpha value is -2.71. The van der Waals surface area contributed by atoms with Gasteiger partial charge in [0.05, 0.1) is 40.3 Å². The Kier molecular flexibility index (Phi) is 35.4. The van der Waals surface area contributed by atoms with Gasteiger partial charge in [-0.05, 0) is 64.2 Å². The van der Waals surface area contributed by atoms with Gasteiger partial charge < -0.3 is 28.6 Å². The Balaban J connectivity index is 4.43. The third-order valence-corrected chi connectivity index (χ3v) is 9.45. The first-order valence-electron chi connectivity index (χ1n) is 21.7. The molecule has 0 aromatic heterocycles. The molecule has 312 valence electrons. The number of hydrogen-bond acceptors (Lipinski definition) is 7. The lowest BCUT2D eigenvalue weighted by atomic mass is 10.1. The monoisotopic (exact) mass is 760 g/mol. The highest BCUT2D eigenvalue weighted by molar-refractivity contribution is 5.70. The summed E-state index contributed by atoms with van der Waals surface area (Å²) in [5.74, 6) is -1.83. The van der Waals surface area contributed by atoms with E-state index in [0.717, 1.165) is 51.4 Å². The van der Waals surface area contributed by atoms with E-state index in [0.29, 0.717) is 12.8 Å². The number of likely N-dealkylation sites (N-methyl/N-ethyl adjacent to an activating group) is 1. The van der Waals surface area contributed by atoms with Gasteiger partial charge in [-0.3, -0.25) is 9.59 Å². The van der Waals surface area contributed by atoms with E-state index < -0.39 is 18.1 Å². The van der Waals surface area contributed by atoms with Crippen LogP contribution in [0.4, 0.5) is 0 Å². The lowest BCUT2D eigenvalue weighted by Gasteiger charge is -2.34. The van der Waals surface area contributed by atoms with Crippen LogP contribution >= 0.6 is 0 Å². The number of esters is 2. The Morgan fingerprint density at radius 3 is 1.54 bits per heavy atom. The van der Waals surface area contributed by atoms with Crippen molar-refractivity contribution in [3.05, 3.63) is 48.6 Å². The number of ether oxygens (including phenoxy) is 3. The smallest absolute Gasteiger partial charge is 0.306 e. The number of rotatable bonds is 38. The predicted octanol–water partition coefficient (Wildman–Crippen LogP) is 10.3. The normalized spacial score (nSPS) is 13.4. The summed E-state index contributed by atoms with van der Waals surface area (Å²) in [5.41, 5.74) is 0. The maximum atomic E-state index is 12.7. The van der Waals surface area contributed by atoms with E-state index in [9.17, 15) is 19.5 Å². The van der Waals surface area contributed by atoms with Crippen molar-refractivity contribution in [3.63, 3.8) is 0 Å². The molecule has 0 amide bonds. The van der Waals surface area contributed by atoms with Crippen molar-refractivity contribution in [1.29, 1.82) is 0 Å². The summed E-state index contributed by atoms with van der Waals surface area (Å²) < 4.78 is 17.1. The van der Waals surface area contributed by atoms with E-state index in [1.54, 1.807) is 21.1 Å². The molecule has 8 heteroatoms. The molecule has 0 heterocycles. The molecule has 8 nitrogen and oxygen atoms in total. The van der Waals surface area contributed by atoms with Crippen LogP contribution in [0.3, 0.4) is 0 Å². The number of nitrogens with zero attached hydrogens (tertiary/aromatic N) is 1. The number of carboxylic acids is 1. The zero-order valence-electron chi connectivity index (χ0n) is 35.4. The van der Waals surface area contributed by atoms with Gasteiger partial charge in [-0.1, -0.05) is 140 Å². The highest BCUT2D eigenvalue weighted by atomic mass is 16.6. The Bertz CT molecular complexity index is 1030. The first-order chi connectivity index (χ1) is 26.1. The summed E-state index contributed by atoms with van der Waals surface area (Å²) in [6.45, 7) is 4.55. The fraction of sp³-hybridized carbons (Fsp3) is 0.761. The molecule has 0 bridgehead atoms. The van der Waals surface area contributed by atoms with Gasteiger partial charge in [-0.15, -0.1) is 0 Å². The predicted molar refractivity (Wildman–Crippen MR) is 222 cm³/mol. The Morgan fingerprint density at radius 1 is 0.556 bits per heavy atom. The van der Waals surface area contributed by atoms with E-state index in [4.69, 9.17) is 14.2 Å². The molecule has 0 aliphatic carbocycles. The summed E-state index contributed by atoms with van der Waals surface area (Å²) in [7, 11) is 5.38. The van der Waals surface area contributed by atoms with Crippen LogP contribution in [-0.4, -0.2) is 75.5 Å². The van der Waals surface area contributed by atoms with Crippen molar-refractivity contribution in [2.24, 2.45) is 0 Å². The third-order valence-electron chi connectivity index (χ3n) is 9.45. The number of unbranched alkanes of at least 4 members (excludes halogenated alkanes) is 16. The number of aliphatic carboxylic acids is 1. The summed E-state index contributed by atoms with van der Waals surface area (Å²) in [4.78, 5) is 36.8. The molecule has 0 aliphatic heterocycles. The summed E-state index contributed by atoms with van der Waals surface area (Å²) in [6.07, 6.45) is 42.9. The highest BCUT2D eigenvalue weighted by Crippen LogP contribution is 2.13. The molecule has 0 radical (unpaired) electrons. The van der Waals surface area contributed by atoms with E-state index in [1.165, 1.54) is 83.5 Å². The standard InChI is InChI=1S/C46H81NO7/c1-6-8-10-12-14-16-18-20-21-22-23-25-27-29-31-33-35-37-45(49)54-42(40-52-39-38-43(46(50)51)47(3,4)5)41-53-44(48)36-34-32-30-28-26-24-19-17-15-13-11-9-7-2/h14,16,20-21,24,26,30,32,42-43H,6-13,15,17-19,22-23,25,27-29,31,33-41H2,1-5H3/b16-14+,21-20+,26-24+,32-30+. The minimum Gasteiger partial charge on any atom is -0.544 e. The van der Waals surface area contributed by atoms with Gasteiger partial charge in [0.2, 0.25) is 0 Å². The molecule has 2 atom stereocenters. The van der Waals surface area contributed by atoms with Gasteiger partial charge >= 0.3 is 11.9 Å². The van der Waals surface area contributed by atoms with Crippen molar-refractivity contribution in [1.82, 2.24) is 0 Å². The van der Waals surface area contributed by atoms with Gasteiger partial charge in [0.1, 0.15) is 12.6 Å². The molecule has 0 aromatic carbocycles. The van der Waals surface area contributed by atoms with Gasteiger partial charge in [0, 0.05) is 19.3 Å². The lowest BCUT2D eigenvalue weighted by molar-refractivity contribution is -0.889. The largest absolute Gasteiger partial charge is 0.544 e. The number of allylic oxidation sites excluding steroid dienone is 8. The van der Waals surface area contributed by atoms with Gasteiger partial charge in [-0.2, -0.15) is 0 Å². The van der Waals surface area contributed by atoms with Crippen LogP contribution in [0, 0.1) is 0 Å². The molecule has 0 rings (SSSR count). The van der Waals surface area contributed by atoms with Gasteiger partial charge in [0.25, 0.3) is 0 Å². The minimum atomic E-state index is -1.13. The second kappa shape index (κ2) is 37.2. The average Bonchev–Trinajstić information content (AvgIpc) is 3.12. The van der Waals surface area contributed by atoms with E-state index >= 15 is 0 Å². The molecular formula is C46H81NO7. The molecule has 0 N–H and O–H groups in total. The first-order valence-corrected chi connectivity index (χ1v) is 21.7. The second-order valence-corrected chi connectivity index (χ2v) is 15.6. The van der Waals surface area contributed by atoms with Crippen molar-refractivity contribution < 1.29 is 38.2 Å². The number of carbonyl (C=O) groups is 3. The Labute approximate surface area is 331 Å². The van der Waals surface area contributed by atoms with Crippen molar-refractivity contribution in [2.45, 2.75) is 187 Å². The molecule has 0 aliphatic rings. The van der Waals surface area contributed by atoms with E-state index in [1.807, 2.05) is 6.08 Å². The summed E-state index contributed by atoms with van der Waals surface area (Å²) in [6, 6.07) is -0.734. The molecule has 0 fully saturated rings. The minimum absolute atomic E-state index is 0.0197. The maximum absolute atomic E-state index is 12.7. The Morgan fingerprint density at radius 2 is 1.02 bits per heavy atom. The van der Waals surface area contributed by atoms with Crippen LogP contribution in [0.25, 0.3) is 0 Å². The van der Waals surface area contributed by atoms with Crippen LogP contribution in [0.2, 0.25) is 0 Å². The molecule has 0 saturated heterocycles.